The monoisotopic (exact) mass is 630 g/mol. The van der Waals surface area contributed by atoms with Crippen LogP contribution in [0.2, 0.25) is 0 Å². The maximum Gasteiger partial charge on any atom is 0.469 e. The molecule has 252 valence electrons. The molecular weight excluding hydrogens is 567 g/mol. The van der Waals surface area contributed by atoms with Crippen LogP contribution in [0.5, 0.6) is 0 Å². The zero-order valence-corrected chi connectivity index (χ0v) is 28.2. The van der Waals surface area contributed by atoms with Crippen molar-refractivity contribution in [2.45, 2.75) is 168 Å². The van der Waals surface area contributed by atoms with E-state index in [0.717, 1.165) is 32.1 Å². The first-order valence-corrected chi connectivity index (χ1v) is 18.7. The largest absolute Gasteiger partial charge is 0.469 e. The third-order valence-corrected chi connectivity index (χ3v) is 7.71. The molecule has 0 aromatic heterocycles. The summed E-state index contributed by atoms with van der Waals surface area (Å²) >= 11 is 0. The van der Waals surface area contributed by atoms with Crippen LogP contribution in [-0.2, 0) is 28.2 Å². The minimum Gasteiger partial charge on any atom is -0.462 e. The topological polar surface area (TPSA) is 119 Å². The fourth-order valence-electron chi connectivity index (χ4n) is 4.62. The summed E-state index contributed by atoms with van der Waals surface area (Å²) in [6, 6.07) is 0. The summed E-state index contributed by atoms with van der Waals surface area (Å²) < 4.78 is 25.8. The zero-order valence-electron chi connectivity index (χ0n) is 27.4. The Bertz CT molecular complexity index is 761. The van der Waals surface area contributed by atoms with Gasteiger partial charge in [-0.3, -0.25) is 14.1 Å². The Labute approximate surface area is 262 Å². The number of phosphoric acid groups is 1. The minimum atomic E-state index is -4.72. The van der Waals surface area contributed by atoms with E-state index in [1.54, 1.807) is 0 Å². The number of rotatable bonds is 31. The van der Waals surface area contributed by atoms with E-state index in [2.05, 4.69) is 35.8 Å². The summed E-state index contributed by atoms with van der Waals surface area (Å²) in [7, 11) is -4.72. The molecule has 1 unspecified atom stereocenters. The van der Waals surface area contributed by atoms with Crippen LogP contribution in [0.25, 0.3) is 0 Å². The quantitative estimate of drug-likeness (QED) is 0.0336. The Morgan fingerprint density at radius 2 is 1.07 bits per heavy atom. The molecule has 0 aliphatic carbocycles. The van der Waals surface area contributed by atoms with Gasteiger partial charge in [-0.1, -0.05) is 128 Å². The average molecular weight is 631 g/mol. The molecule has 0 rings (SSSR count). The van der Waals surface area contributed by atoms with Crippen molar-refractivity contribution in [3.63, 3.8) is 0 Å². The molecule has 2 N–H and O–H groups in total. The lowest BCUT2D eigenvalue weighted by Crippen LogP contribution is -2.29. The van der Waals surface area contributed by atoms with Crippen molar-refractivity contribution in [2.75, 3.05) is 13.2 Å². The fraction of sp³-hybridized carbons (Fsp3) is 0.824. The molecule has 0 aromatic carbocycles. The smallest absolute Gasteiger partial charge is 0.462 e. The van der Waals surface area contributed by atoms with Gasteiger partial charge in [0.2, 0.25) is 0 Å². The molecule has 0 heterocycles. The first-order chi connectivity index (χ1) is 20.8. The van der Waals surface area contributed by atoms with Crippen molar-refractivity contribution in [3.05, 3.63) is 24.3 Å². The van der Waals surface area contributed by atoms with Crippen LogP contribution in [0.4, 0.5) is 0 Å². The summed E-state index contributed by atoms with van der Waals surface area (Å²) in [5.41, 5.74) is 0. The minimum absolute atomic E-state index is 0.210. The number of phosphoric ester groups is 1. The molecule has 1 atom stereocenters. The highest BCUT2D eigenvalue weighted by Crippen LogP contribution is 2.35. The molecule has 0 radical (unpaired) electrons. The van der Waals surface area contributed by atoms with Crippen molar-refractivity contribution < 1.29 is 37.9 Å². The van der Waals surface area contributed by atoms with E-state index in [4.69, 9.17) is 19.3 Å². The second kappa shape index (κ2) is 30.6. The van der Waals surface area contributed by atoms with E-state index >= 15 is 0 Å². The molecule has 0 aliphatic rings. The van der Waals surface area contributed by atoms with Gasteiger partial charge in [-0.2, -0.15) is 0 Å². The molecule has 43 heavy (non-hydrogen) atoms. The first-order valence-electron chi connectivity index (χ1n) is 17.1. The average Bonchev–Trinajstić information content (AvgIpc) is 2.97. The Morgan fingerprint density at radius 3 is 1.58 bits per heavy atom. The SMILES string of the molecule is CCCCCCC/C=C\C/C=C\CCCCCCCCCCCCCC(=O)OC(COC(=O)CCCC)COP(=O)(O)O. The Kier molecular flexibility index (Phi) is 29.5. The predicted octanol–water partition coefficient (Wildman–Crippen LogP) is 9.68. The van der Waals surface area contributed by atoms with Gasteiger partial charge in [0, 0.05) is 12.8 Å². The van der Waals surface area contributed by atoms with Crippen molar-refractivity contribution in [3.8, 4) is 0 Å². The normalized spacial score (nSPS) is 12.7. The van der Waals surface area contributed by atoms with Crippen LogP contribution in [0.1, 0.15) is 162 Å². The number of allylic oxidation sites excluding steroid dienone is 4. The lowest BCUT2D eigenvalue weighted by atomic mass is 10.0. The Morgan fingerprint density at radius 1 is 0.605 bits per heavy atom. The molecule has 0 aromatic rings. The van der Waals surface area contributed by atoms with E-state index in [-0.39, 0.29) is 19.4 Å². The first kappa shape index (κ1) is 41.5. The molecule has 0 fully saturated rings. The van der Waals surface area contributed by atoms with Crippen molar-refractivity contribution in [1.82, 2.24) is 0 Å². The van der Waals surface area contributed by atoms with E-state index in [1.165, 1.54) is 89.9 Å². The van der Waals surface area contributed by atoms with E-state index in [9.17, 15) is 14.2 Å². The molecule has 0 saturated carbocycles. The zero-order chi connectivity index (χ0) is 31.9. The molecule has 9 heteroatoms. The van der Waals surface area contributed by atoms with Crippen LogP contribution in [0.3, 0.4) is 0 Å². The van der Waals surface area contributed by atoms with Crippen LogP contribution >= 0.6 is 7.82 Å². The highest BCUT2D eigenvalue weighted by Gasteiger charge is 2.22. The lowest BCUT2D eigenvalue weighted by molar-refractivity contribution is -0.161. The highest BCUT2D eigenvalue weighted by molar-refractivity contribution is 7.46. The third kappa shape index (κ3) is 33.3. The number of carbonyl (C=O) groups excluding carboxylic acids is 2. The van der Waals surface area contributed by atoms with Gasteiger partial charge in [0.1, 0.15) is 6.61 Å². The fourth-order valence-corrected chi connectivity index (χ4v) is 4.98. The van der Waals surface area contributed by atoms with Gasteiger partial charge in [-0.05, 0) is 44.9 Å². The summed E-state index contributed by atoms with van der Waals surface area (Å²) in [5, 5.41) is 0. The van der Waals surface area contributed by atoms with Crippen molar-refractivity contribution in [2.24, 2.45) is 0 Å². The van der Waals surface area contributed by atoms with Crippen molar-refractivity contribution >= 4 is 19.8 Å². The van der Waals surface area contributed by atoms with E-state index < -0.39 is 32.5 Å². The van der Waals surface area contributed by atoms with Gasteiger partial charge in [-0.25, -0.2) is 4.57 Å². The van der Waals surface area contributed by atoms with Crippen LogP contribution in [-0.4, -0.2) is 41.0 Å². The van der Waals surface area contributed by atoms with E-state index in [1.807, 2.05) is 6.92 Å². The molecule has 0 saturated heterocycles. The lowest BCUT2D eigenvalue weighted by Gasteiger charge is -2.18. The highest BCUT2D eigenvalue weighted by atomic mass is 31.2. The number of hydrogen-bond acceptors (Lipinski definition) is 6. The number of carbonyl (C=O) groups is 2. The second-order valence-electron chi connectivity index (χ2n) is 11.5. The molecule has 0 spiro atoms. The molecule has 0 aliphatic heterocycles. The van der Waals surface area contributed by atoms with E-state index in [0.29, 0.717) is 12.8 Å². The third-order valence-electron chi connectivity index (χ3n) is 7.22. The van der Waals surface area contributed by atoms with Gasteiger partial charge in [0.05, 0.1) is 6.61 Å². The van der Waals surface area contributed by atoms with Gasteiger partial charge in [0.25, 0.3) is 0 Å². The Hall–Kier alpha value is -1.47. The summed E-state index contributed by atoms with van der Waals surface area (Å²) in [6.45, 7) is 3.38. The predicted molar refractivity (Wildman–Crippen MR) is 175 cm³/mol. The maximum atomic E-state index is 12.2. The molecule has 8 nitrogen and oxygen atoms in total. The number of hydrogen-bond donors (Lipinski definition) is 2. The van der Waals surface area contributed by atoms with Gasteiger partial charge >= 0.3 is 19.8 Å². The summed E-state index contributed by atoms with van der Waals surface area (Å²) in [5.74, 6) is -0.927. The van der Waals surface area contributed by atoms with Gasteiger partial charge < -0.3 is 19.3 Å². The molecule has 0 amide bonds. The number of unbranched alkanes of at least 4 members (excludes halogenated alkanes) is 17. The van der Waals surface area contributed by atoms with Crippen LogP contribution in [0.15, 0.2) is 24.3 Å². The standard InChI is InChI=1S/C34H63O8P/c1-3-5-7-8-9-10-11-12-13-14-15-16-17-18-19-20-21-22-23-24-25-26-27-29-34(36)42-32(31-41-43(37,38)39)30-40-33(35)28-6-4-2/h11-12,14-15,32H,3-10,13,16-31H2,1-2H3,(H2,37,38,39)/b12-11-,15-14-. The summed E-state index contributed by atoms with van der Waals surface area (Å²) in [6.07, 6.45) is 33.2. The summed E-state index contributed by atoms with van der Waals surface area (Å²) in [4.78, 5) is 41.8. The number of ether oxygens (including phenoxy) is 2. The van der Waals surface area contributed by atoms with Crippen LogP contribution < -0.4 is 0 Å². The molecule has 0 bridgehead atoms. The number of esters is 2. The van der Waals surface area contributed by atoms with Crippen LogP contribution in [0, 0.1) is 0 Å². The maximum absolute atomic E-state index is 12.2. The Balaban J connectivity index is 3.69. The van der Waals surface area contributed by atoms with Gasteiger partial charge in [0.15, 0.2) is 6.10 Å². The van der Waals surface area contributed by atoms with Crippen molar-refractivity contribution in [1.29, 1.82) is 0 Å². The second-order valence-corrected chi connectivity index (χ2v) is 12.7. The molecular formula is C34H63O8P. The van der Waals surface area contributed by atoms with Gasteiger partial charge in [-0.15, -0.1) is 0 Å².